The van der Waals surface area contributed by atoms with Crippen LogP contribution in [0.4, 0.5) is 0 Å². The smallest absolute Gasteiger partial charge is 0.237 e. The van der Waals surface area contributed by atoms with Gasteiger partial charge in [0.1, 0.15) is 0 Å². The number of piperidine rings is 1. The molecule has 28 heavy (non-hydrogen) atoms. The highest BCUT2D eigenvalue weighted by Gasteiger charge is 2.23. The molecule has 0 spiro atoms. The number of aliphatic imine (C=N–C) groups is 1. The Kier molecular flexibility index (Phi) is 9.97. The summed E-state index contributed by atoms with van der Waals surface area (Å²) in [5, 5.41) is 9.53. The van der Waals surface area contributed by atoms with Crippen molar-refractivity contribution >= 4 is 11.9 Å². The van der Waals surface area contributed by atoms with Gasteiger partial charge < -0.3 is 32.3 Å². The molecule has 0 saturated carbocycles. The first-order valence-corrected chi connectivity index (χ1v) is 10.7. The maximum Gasteiger partial charge on any atom is 0.237 e. The van der Waals surface area contributed by atoms with Gasteiger partial charge in [-0.1, -0.05) is 0 Å². The molecule has 2 rings (SSSR count). The van der Waals surface area contributed by atoms with Crippen LogP contribution in [0.2, 0.25) is 0 Å². The fourth-order valence-electron chi connectivity index (χ4n) is 3.62. The molecule has 0 radical (unpaired) electrons. The number of rotatable bonds is 9. The van der Waals surface area contributed by atoms with E-state index < -0.39 is 6.04 Å². The summed E-state index contributed by atoms with van der Waals surface area (Å²) < 4.78 is 0. The van der Waals surface area contributed by atoms with Crippen molar-refractivity contribution in [3.8, 4) is 0 Å². The zero-order valence-corrected chi connectivity index (χ0v) is 17.6. The number of piperazine rings is 1. The molecule has 0 aromatic heterocycles. The first-order valence-electron chi connectivity index (χ1n) is 10.7. The highest BCUT2D eigenvalue weighted by molar-refractivity contribution is 5.81. The lowest BCUT2D eigenvalue weighted by atomic mass is 10.0. The maximum atomic E-state index is 12.3. The van der Waals surface area contributed by atoms with Crippen LogP contribution in [0.25, 0.3) is 0 Å². The fourth-order valence-corrected chi connectivity index (χ4v) is 3.62. The number of carbonyl (C=O) groups is 1. The van der Waals surface area contributed by atoms with Crippen LogP contribution in [-0.4, -0.2) is 92.3 Å². The lowest BCUT2D eigenvalue weighted by Crippen LogP contribution is -2.50. The molecule has 1 amide bonds. The summed E-state index contributed by atoms with van der Waals surface area (Å²) in [6.45, 7) is 11.8. The van der Waals surface area contributed by atoms with E-state index in [1.807, 2.05) is 0 Å². The fraction of sp³-hybridized carbons (Fsp3) is 0.895. The molecule has 0 aliphatic carbocycles. The molecule has 2 saturated heterocycles. The van der Waals surface area contributed by atoms with Crippen LogP contribution in [0.5, 0.6) is 0 Å². The third-order valence-corrected chi connectivity index (χ3v) is 5.59. The molecule has 0 aromatic rings. The monoisotopic (exact) mass is 396 g/mol. The average Bonchev–Trinajstić information content (AvgIpc) is 2.70. The van der Waals surface area contributed by atoms with Gasteiger partial charge in [0.25, 0.3) is 0 Å². The summed E-state index contributed by atoms with van der Waals surface area (Å²) >= 11 is 0. The largest absolute Gasteiger partial charge is 0.370 e. The van der Waals surface area contributed by atoms with E-state index >= 15 is 0 Å². The van der Waals surface area contributed by atoms with Crippen LogP contribution in [0.3, 0.4) is 0 Å². The van der Waals surface area contributed by atoms with E-state index in [9.17, 15) is 4.79 Å². The predicted molar refractivity (Wildman–Crippen MR) is 114 cm³/mol. The molecule has 162 valence electrons. The standard InChI is InChI=1S/C19H40N8O/c1-15(2)27-10-5-16(6-11-27)25-18(28)17(20)4-3-7-23-19(21)24-14-26-12-8-22-9-13-26/h15-17,22H,3-14,20H2,1-2H3,(H,25,28)(H3,21,23,24)/t17-/m0/s1. The molecular formula is C19H40N8O. The van der Waals surface area contributed by atoms with Gasteiger partial charge in [0.05, 0.1) is 12.7 Å². The summed E-state index contributed by atoms with van der Waals surface area (Å²) in [6, 6.07) is 0.350. The van der Waals surface area contributed by atoms with Crippen molar-refractivity contribution < 1.29 is 4.79 Å². The van der Waals surface area contributed by atoms with Crippen LogP contribution in [0, 0.1) is 0 Å². The van der Waals surface area contributed by atoms with Crippen molar-refractivity contribution in [2.75, 3.05) is 52.5 Å². The van der Waals surface area contributed by atoms with Crippen molar-refractivity contribution in [2.24, 2.45) is 16.5 Å². The van der Waals surface area contributed by atoms with Gasteiger partial charge in [-0.15, -0.1) is 0 Å². The topological polar surface area (TPSA) is 124 Å². The van der Waals surface area contributed by atoms with Crippen LogP contribution < -0.4 is 27.4 Å². The molecule has 9 nitrogen and oxygen atoms in total. The van der Waals surface area contributed by atoms with Gasteiger partial charge in [0, 0.05) is 57.9 Å². The van der Waals surface area contributed by atoms with Gasteiger partial charge in [-0.3, -0.25) is 9.69 Å². The summed E-state index contributed by atoms with van der Waals surface area (Å²) in [7, 11) is 0. The first kappa shape index (κ1) is 22.9. The minimum absolute atomic E-state index is 0.0386. The Balaban J connectivity index is 1.55. The average molecular weight is 397 g/mol. The molecule has 2 fully saturated rings. The van der Waals surface area contributed by atoms with Crippen LogP contribution in [-0.2, 0) is 4.79 Å². The predicted octanol–water partition coefficient (Wildman–Crippen LogP) is -1.15. The Morgan fingerprint density at radius 2 is 1.89 bits per heavy atom. The Bertz CT molecular complexity index is 484. The number of carbonyl (C=O) groups excluding carboxylic acids is 1. The van der Waals surface area contributed by atoms with Crippen LogP contribution >= 0.6 is 0 Å². The number of nitrogens with one attached hydrogen (secondary N) is 3. The molecule has 1 atom stereocenters. The molecule has 2 aliphatic rings. The van der Waals surface area contributed by atoms with Gasteiger partial charge >= 0.3 is 0 Å². The second-order valence-corrected chi connectivity index (χ2v) is 8.14. The Hall–Kier alpha value is -1.42. The van der Waals surface area contributed by atoms with Crippen molar-refractivity contribution in [3.05, 3.63) is 0 Å². The highest BCUT2D eigenvalue weighted by Crippen LogP contribution is 2.13. The Morgan fingerprint density at radius 3 is 2.54 bits per heavy atom. The lowest BCUT2D eigenvalue weighted by molar-refractivity contribution is -0.123. The van der Waals surface area contributed by atoms with Crippen LogP contribution in [0.1, 0.15) is 39.5 Å². The van der Waals surface area contributed by atoms with E-state index in [0.717, 1.165) is 58.5 Å². The molecule has 2 heterocycles. The molecule has 0 bridgehead atoms. The van der Waals surface area contributed by atoms with Gasteiger partial charge in [0.15, 0.2) is 5.96 Å². The first-order chi connectivity index (χ1) is 13.5. The summed E-state index contributed by atoms with van der Waals surface area (Å²) in [4.78, 5) is 21.4. The number of guanidine groups is 1. The van der Waals surface area contributed by atoms with Crippen LogP contribution in [0.15, 0.2) is 4.99 Å². The van der Waals surface area contributed by atoms with E-state index in [4.69, 9.17) is 11.5 Å². The Labute approximate surface area is 169 Å². The SMILES string of the molecule is CC(C)N1CCC(NC(=O)[C@@H](N)CCCNC(N)=NCN2CCNCC2)CC1. The van der Waals surface area contributed by atoms with Gasteiger partial charge in [0.2, 0.25) is 5.91 Å². The molecular weight excluding hydrogens is 356 g/mol. The number of hydrogen-bond acceptors (Lipinski definition) is 6. The zero-order chi connectivity index (χ0) is 20.4. The molecule has 0 aromatic carbocycles. The quantitative estimate of drug-likeness (QED) is 0.189. The van der Waals surface area contributed by atoms with Crippen molar-refractivity contribution in [1.82, 2.24) is 25.8 Å². The van der Waals surface area contributed by atoms with Crippen molar-refractivity contribution in [2.45, 2.75) is 57.7 Å². The van der Waals surface area contributed by atoms with E-state index in [1.165, 1.54) is 0 Å². The van der Waals surface area contributed by atoms with Gasteiger partial charge in [-0.05, 0) is 39.5 Å². The second kappa shape index (κ2) is 12.2. The molecule has 0 unspecified atom stereocenters. The summed E-state index contributed by atoms with van der Waals surface area (Å²) in [5.74, 6) is 0.414. The van der Waals surface area contributed by atoms with Gasteiger partial charge in [-0.2, -0.15) is 0 Å². The second-order valence-electron chi connectivity index (χ2n) is 8.14. The van der Waals surface area contributed by atoms with Crippen molar-refractivity contribution in [1.29, 1.82) is 0 Å². The van der Waals surface area contributed by atoms with Gasteiger partial charge in [-0.25, -0.2) is 4.99 Å². The minimum atomic E-state index is -0.469. The number of nitrogens with zero attached hydrogens (tertiary/aromatic N) is 3. The number of nitrogens with two attached hydrogens (primary N) is 2. The van der Waals surface area contributed by atoms with E-state index in [0.29, 0.717) is 31.6 Å². The number of amides is 1. The number of hydrogen-bond donors (Lipinski definition) is 5. The Morgan fingerprint density at radius 1 is 1.21 bits per heavy atom. The maximum absolute atomic E-state index is 12.3. The molecule has 2 aliphatic heterocycles. The highest BCUT2D eigenvalue weighted by atomic mass is 16.2. The summed E-state index contributed by atoms with van der Waals surface area (Å²) in [5.41, 5.74) is 12.0. The van der Waals surface area contributed by atoms with Crippen molar-refractivity contribution in [3.63, 3.8) is 0 Å². The third kappa shape index (κ3) is 8.30. The zero-order valence-electron chi connectivity index (χ0n) is 17.6. The van der Waals surface area contributed by atoms with E-state index in [2.05, 4.69) is 44.6 Å². The van der Waals surface area contributed by atoms with E-state index in [1.54, 1.807) is 0 Å². The molecule has 9 heteroatoms. The minimum Gasteiger partial charge on any atom is -0.370 e. The van der Waals surface area contributed by atoms with E-state index in [-0.39, 0.29) is 11.9 Å². The normalized spacial score (nSPS) is 21.6. The third-order valence-electron chi connectivity index (χ3n) is 5.59. The lowest BCUT2D eigenvalue weighted by Gasteiger charge is -2.35. The summed E-state index contributed by atoms with van der Waals surface area (Å²) in [6.07, 6.45) is 3.41. The number of likely N-dealkylation sites (tertiary alicyclic amines) is 1. The molecule has 7 N–H and O–H groups in total.